The fraction of sp³-hybridized carbons (Fsp3) is 0.0909. The molecule has 0 bridgehead atoms. The fourth-order valence-corrected chi connectivity index (χ4v) is 1.36. The molecule has 0 aliphatic heterocycles. The Hall–Kier alpha value is -2.44. The first-order valence-corrected chi connectivity index (χ1v) is 4.90. The maximum absolute atomic E-state index is 11.9. The second kappa shape index (κ2) is 4.82. The van der Waals surface area contributed by atoms with E-state index in [0.717, 1.165) is 0 Å². The monoisotopic (exact) mass is 254 g/mol. The van der Waals surface area contributed by atoms with E-state index in [9.17, 15) is 13.6 Å². The summed E-state index contributed by atoms with van der Waals surface area (Å²) in [5.41, 5.74) is 0.451. The summed E-state index contributed by atoms with van der Waals surface area (Å²) in [4.78, 5) is 10.6. The van der Waals surface area contributed by atoms with E-state index in [0.29, 0.717) is 5.69 Å². The maximum atomic E-state index is 11.9. The van der Waals surface area contributed by atoms with Crippen molar-refractivity contribution in [1.29, 1.82) is 0 Å². The van der Waals surface area contributed by atoms with E-state index in [1.54, 1.807) is 0 Å². The van der Waals surface area contributed by atoms with Gasteiger partial charge < -0.3 is 9.84 Å². The molecule has 0 atom stereocenters. The lowest BCUT2D eigenvalue weighted by Crippen LogP contribution is -2.03. The van der Waals surface area contributed by atoms with Gasteiger partial charge in [-0.3, -0.25) is 0 Å². The maximum Gasteiger partial charge on any atom is 0.387 e. The Bertz CT molecular complexity index is 552. The van der Waals surface area contributed by atoms with E-state index in [1.165, 1.54) is 41.2 Å². The van der Waals surface area contributed by atoms with E-state index >= 15 is 0 Å². The van der Waals surface area contributed by atoms with E-state index in [2.05, 4.69) is 9.84 Å². The predicted octanol–water partition coefficient (Wildman–Crippen LogP) is 2.17. The van der Waals surface area contributed by atoms with Crippen molar-refractivity contribution < 1.29 is 23.4 Å². The average molecular weight is 254 g/mol. The smallest absolute Gasteiger partial charge is 0.387 e. The van der Waals surface area contributed by atoms with Crippen LogP contribution in [0.3, 0.4) is 0 Å². The number of ether oxygens (including phenoxy) is 1. The molecule has 1 heterocycles. The molecule has 0 spiro atoms. The predicted molar refractivity (Wildman–Crippen MR) is 57.2 cm³/mol. The van der Waals surface area contributed by atoms with Crippen LogP contribution in [0.1, 0.15) is 10.5 Å². The molecule has 7 heteroatoms. The summed E-state index contributed by atoms with van der Waals surface area (Å²) < 4.78 is 29.4. The first kappa shape index (κ1) is 12.0. The van der Waals surface area contributed by atoms with Crippen LogP contribution >= 0.6 is 0 Å². The van der Waals surface area contributed by atoms with Crippen LogP contribution in [-0.4, -0.2) is 27.5 Å². The zero-order chi connectivity index (χ0) is 13.1. The van der Waals surface area contributed by atoms with Crippen LogP contribution in [0.5, 0.6) is 5.75 Å². The van der Waals surface area contributed by atoms with Crippen LogP contribution in [0.25, 0.3) is 5.69 Å². The number of aromatic nitrogens is 2. The molecule has 1 aromatic carbocycles. The Labute approximate surface area is 100 Å². The zero-order valence-electron chi connectivity index (χ0n) is 8.96. The molecule has 0 saturated carbocycles. The topological polar surface area (TPSA) is 64.3 Å². The molecule has 0 unspecified atom stereocenters. The van der Waals surface area contributed by atoms with Crippen molar-refractivity contribution in [1.82, 2.24) is 9.78 Å². The quantitative estimate of drug-likeness (QED) is 0.908. The third-order valence-electron chi connectivity index (χ3n) is 2.13. The van der Waals surface area contributed by atoms with Crippen molar-refractivity contribution in [3.8, 4) is 11.4 Å². The molecular formula is C11H8F2N2O3. The molecule has 5 nitrogen and oxygen atoms in total. The molecule has 0 fully saturated rings. The summed E-state index contributed by atoms with van der Waals surface area (Å²) in [6.45, 7) is -2.88. The molecule has 0 saturated heterocycles. The van der Waals surface area contributed by atoms with Gasteiger partial charge in [0.1, 0.15) is 5.75 Å². The van der Waals surface area contributed by atoms with Gasteiger partial charge in [-0.05, 0) is 30.3 Å². The van der Waals surface area contributed by atoms with Crippen LogP contribution in [0.4, 0.5) is 8.78 Å². The van der Waals surface area contributed by atoms with Gasteiger partial charge in [0, 0.05) is 6.20 Å². The molecular weight excluding hydrogens is 246 g/mol. The minimum absolute atomic E-state index is 0.0272. The fourth-order valence-electron chi connectivity index (χ4n) is 1.36. The number of benzene rings is 1. The lowest BCUT2D eigenvalue weighted by molar-refractivity contribution is -0.0498. The molecule has 2 aromatic rings. The normalized spacial score (nSPS) is 10.6. The van der Waals surface area contributed by atoms with Gasteiger partial charge in [0.15, 0.2) is 5.69 Å². The number of nitrogens with zero attached hydrogens (tertiary/aromatic N) is 2. The van der Waals surface area contributed by atoms with Gasteiger partial charge in [0.05, 0.1) is 5.69 Å². The number of aromatic carboxylic acids is 1. The number of carboxylic acid groups (broad SMARTS) is 1. The van der Waals surface area contributed by atoms with Crippen molar-refractivity contribution in [2.75, 3.05) is 0 Å². The van der Waals surface area contributed by atoms with Gasteiger partial charge >= 0.3 is 12.6 Å². The molecule has 94 valence electrons. The number of halogens is 2. The Morgan fingerprint density at radius 2 is 1.94 bits per heavy atom. The number of carbonyl (C=O) groups is 1. The van der Waals surface area contributed by atoms with Gasteiger partial charge in [-0.1, -0.05) is 0 Å². The number of hydrogen-bond acceptors (Lipinski definition) is 3. The van der Waals surface area contributed by atoms with Crippen LogP contribution in [0.2, 0.25) is 0 Å². The van der Waals surface area contributed by atoms with E-state index in [-0.39, 0.29) is 11.4 Å². The van der Waals surface area contributed by atoms with Gasteiger partial charge in [-0.15, -0.1) is 0 Å². The molecule has 0 aliphatic carbocycles. The second-order valence-electron chi connectivity index (χ2n) is 3.32. The first-order valence-electron chi connectivity index (χ1n) is 4.90. The SMILES string of the molecule is O=C(O)c1ccn(-c2ccc(OC(F)F)cc2)n1. The van der Waals surface area contributed by atoms with Crippen LogP contribution in [-0.2, 0) is 0 Å². The Morgan fingerprint density at radius 3 is 2.44 bits per heavy atom. The lowest BCUT2D eigenvalue weighted by atomic mass is 10.3. The summed E-state index contributed by atoms with van der Waals surface area (Å²) in [6, 6.07) is 7.03. The van der Waals surface area contributed by atoms with Gasteiger partial charge in [-0.25, -0.2) is 9.48 Å². The van der Waals surface area contributed by atoms with Crippen molar-refractivity contribution in [2.24, 2.45) is 0 Å². The van der Waals surface area contributed by atoms with Crippen LogP contribution in [0.15, 0.2) is 36.5 Å². The van der Waals surface area contributed by atoms with Crippen molar-refractivity contribution >= 4 is 5.97 Å². The lowest BCUT2D eigenvalue weighted by Gasteiger charge is -2.05. The molecule has 18 heavy (non-hydrogen) atoms. The van der Waals surface area contributed by atoms with Gasteiger partial charge in [0.25, 0.3) is 0 Å². The van der Waals surface area contributed by atoms with Crippen molar-refractivity contribution in [3.63, 3.8) is 0 Å². The Kier molecular flexibility index (Phi) is 3.22. The van der Waals surface area contributed by atoms with Crippen molar-refractivity contribution in [3.05, 3.63) is 42.2 Å². The third kappa shape index (κ3) is 2.62. The van der Waals surface area contributed by atoms with E-state index in [4.69, 9.17) is 5.11 Å². The molecule has 1 N–H and O–H groups in total. The van der Waals surface area contributed by atoms with E-state index in [1.807, 2.05) is 0 Å². The van der Waals surface area contributed by atoms with Crippen LogP contribution in [0, 0.1) is 0 Å². The molecule has 0 amide bonds. The summed E-state index contributed by atoms with van der Waals surface area (Å²) in [5, 5.41) is 12.5. The minimum atomic E-state index is -2.88. The minimum Gasteiger partial charge on any atom is -0.476 e. The molecule has 0 aliphatic rings. The molecule has 2 rings (SSSR count). The first-order chi connectivity index (χ1) is 8.56. The molecule has 1 aromatic heterocycles. The van der Waals surface area contributed by atoms with E-state index < -0.39 is 12.6 Å². The summed E-state index contributed by atoms with van der Waals surface area (Å²) in [5.74, 6) is -1.11. The highest BCUT2D eigenvalue weighted by Crippen LogP contribution is 2.17. The number of carboxylic acids is 1. The number of alkyl halides is 2. The summed E-state index contributed by atoms with van der Waals surface area (Å²) in [7, 11) is 0. The highest BCUT2D eigenvalue weighted by Gasteiger charge is 2.08. The third-order valence-corrected chi connectivity index (χ3v) is 2.13. The molecule has 0 radical (unpaired) electrons. The average Bonchev–Trinajstić information content (AvgIpc) is 2.78. The van der Waals surface area contributed by atoms with Gasteiger partial charge in [0.2, 0.25) is 0 Å². The Morgan fingerprint density at radius 1 is 1.28 bits per heavy atom. The van der Waals surface area contributed by atoms with Crippen molar-refractivity contribution in [2.45, 2.75) is 6.61 Å². The summed E-state index contributed by atoms with van der Waals surface area (Å²) >= 11 is 0. The number of rotatable bonds is 4. The summed E-state index contributed by atoms with van der Waals surface area (Å²) in [6.07, 6.45) is 1.46. The highest BCUT2D eigenvalue weighted by molar-refractivity contribution is 5.85. The van der Waals surface area contributed by atoms with Crippen LogP contribution < -0.4 is 4.74 Å². The number of hydrogen-bond donors (Lipinski definition) is 1. The Balaban J connectivity index is 2.20. The largest absolute Gasteiger partial charge is 0.476 e. The zero-order valence-corrected chi connectivity index (χ0v) is 8.96. The van der Waals surface area contributed by atoms with Gasteiger partial charge in [-0.2, -0.15) is 13.9 Å². The second-order valence-corrected chi connectivity index (χ2v) is 3.32. The standard InChI is InChI=1S/C11H8F2N2O3/c12-11(13)18-8-3-1-7(2-4-8)15-6-5-9(14-15)10(16)17/h1-6,11H,(H,16,17). The highest BCUT2D eigenvalue weighted by atomic mass is 19.3.